The van der Waals surface area contributed by atoms with Gasteiger partial charge in [-0.15, -0.1) is 5.10 Å². The van der Waals surface area contributed by atoms with E-state index in [9.17, 15) is 4.79 Å². The summed E-state index contributed by atoms with van der Waals surface area (Å²) < 4.78 is 11.2. The van der Waals surface area contributed by atoms with Crippen LogP contribution in [0.4, 0.5) is 5.95 Å². The topological polar surface area (TPSA) is 89.1 Å². The third-order valence-electron chi connectivity index (χ3n) is 3.79. The number of anilines is 1. The highest BCUT2D eigenvalue weighted by molar-refractivity contribution is 7.98. The number of rotatable bonds is 5. The summed E-state index contributed by atoms with van der Waals surface area (Å²) >= 11 is 7.33. The zero-order chi connectivity index (χ0) is 18.6. The number of H-pyrrole nitrogens is 1. The van der Waals surface area contributed by atoms with E-state index in [4.69, 9.17) is 21.1 Å². The molecule has 4 rings (SSSR count). The Kier molecular flexibility index (Phi) is 5.17. The van der Waals surface area contributed by atoms with Gasteiger partial charge in [-0.3, -0.25) is 10.1 Å². The molecule has 1 amide bonds. The van der Waals surface area contributed by atoms with Gasteiger partial charge in [0.1, 0.15) is 6.61 Å². The van der Waals surface area contributed by atoms with Crippen LogP contribution in [-0.2, 0) is 10.5 Å². The van der Waals surface area contributed by atoms with Crippen LogP contribution in [0.1, 0.15) is 5.56 Å². The number of aromatic amines is 1. The molecule has 7 nitrogen and oxygen atoms in total. The Balaban J connectivity index is 1.32. The van der Waals surface area contributed by atoms with E-state index in [1.54, 1.807) is 12.1 Å². The first-order chi connectivity index (χ1) is 13.2. The zero-order valence-electron chi connectivity index (χ0n) is 14.0. The fourth-order valence-electron chi connectivity index (χ4n) is 2.44. The minimum atomic E-state index is -0.754. The van der Waals surface area contributed by atoms with E-state index < -0.39 is 6.10 Å². The Labute approximate surface area is 164 Å². The number of amides is 1. The Morgan fingerprint density at radius 3 is 2.81 bits per heavy atom. The summed E-state index contributed by atoms with van der Waals surface area (Å²) in [6, 6.07) is 14.8. The summed E-state index contributed by atoms with van der Waals surface area (Å²) in [5.41, 5.74) is 1.10. The lowest BCUT2D eigenvalue weighted by Crippen LogP contribution is -2.40. The van der Waals surface area contributed by atoms with Crippen LogP contribution in [0.3, 0.4) is 0 Å². The quantitative estimate of drug-likeness (QED) is 0.634. The average molecular weight is 403 g/mol. The van der Waals surface area contributed by atoms with Crippen molar-refractivity contribution >= 4 is 35.2 Å². The van der Waals surface area contributed by atoms with Gasteiger partial charge in [0, 0.05) is 10.8 Å². The van der Waals surface area contributed by atoms with Crippen molar-refractivity contribution in [1.82, 2.24) is 15.2 Å². The number of hydrogen-bond acceptors (Lipinski definition) is 6. The molecular weight excluding hydrogens is 388 g/mol. The average Bonchev–Trinajstić information content (AvgIpc) is 3.14. The molecule has 0 saturated carbocycles. The first kappa shape index (κ1) is 17.7. The molecule has 0 saturated heterocycles. The molecule has 1 aromatic heterocycles. The summed E-state index contributed by atoms with van der Waals surface area (Å²) in [5.74, 6) is 1.78. The highest BCUT2D eigenvalue weighted by Gasteiger charge is 2.28. The maximum absolute atomic E-state index is 12.4. The largest absolute Gasteiger partial charge is 0.485 e. The summed E-state index contributed by atoms with van der Waals surface area (Å²) in [5, 5.41) is 10.7. The summed E-state index contributed by atoms with van der Waals surface area (Å²) in [6.07, 6.45) is -0.754. The summed E-state index contributed by atoms with van der Waals surface area (Å²) in [7, 11) is 0. The molecule has 9 heteroatoms. The first-order valence-electron chi connectivity index (χ1n) is 8.16. The minimum Gasteiger partial charge on any atom is -0.485 e. The second kappa shape index (κ2) is 7.89. The number of carbonyl (C=O) groups excluding carboxylic acids is 1. The number of benzene rings is 2. The van der Waals surface area contributed by atoms with E-state index in [1.807, 2.05) is 36.4 Å². The van der Waals surface area contributed by atoms with Crippen molar-refractivity contribution < 1.29 is 14.3 Å². The van der Waals surface area contributed by atoms with Gasteiger partial charge < -0.3 is 9.47 Å². The van der Waals surface area contributed by atoms with E-state index in [0.717, 1.165) is 5.56 Å². The van der Waals surface area contributed by atoms with E-state index in [2.05, 4.69) is 20.5 Å². The number of thioether (sulfide) groups is 1. The molecular formula is C18H15ClN4O3S. The van der Waals surface area contributed by atoms with Crippen LogP contribution in [0.5, 0.6) is 11.5 Å². The van der Waals surface area contributed by atoms with Gasteiger partial charge in [-0.1, -0.05) is 47.6 Å². The smallest absolute Gasteiger partial charge is 0.271 e. The summed E-state index contributed by atoms with van der Waals surface area (Å²) in [6.45, 7) is 0.134. The van der Waals surface area contributed by atoms with Crippen LogP contribution in [0, 0.1) is 0 Å². The van der Waals surface area contributed by atoms with Gasteiger partial charge in [0.05, 0.1) is 0 Å². The van der Waals surface area contributed by atoms with E-state index in [1.165, 1.54) is 11.8 Å². The highest BCUT2D eigenvalue weighted by atomic mass is 35.5. The van der Waals surface area contributed by atoms with Crippen molar-refractivity contribution in [3.8, 4) is 11.5 Å². The fourth-order valence-corrected chi connectivity index (χ4v) is 3.32. The van der Waals surface area contributed by atoms with Gasteiger partial charge in [-0.25, -0.2) is 5.10 Å². The van der Waals surface area contributed by atoms with Crippen molar-refractivity contribution in [3.05, 3.63) is 59.1 Å². The Hall–Kier alpha value is -2.71. The fraction of sp³-hybridized carbons (Fsp3) is 0.167. The van der Waals surface area contributed by atoms with Crippen molar-refractivity contribution in [3.63, 3.8) is 0 Å². The standard InChI is InChI=1S/C18H15ClN4O3S/c19-12-7-5-11(6-8-12)10-27-18-21-17(22-23-18)20-16(24)15-9-25-13-3-1-2-4-14(13)26-15/h1-8,15H,9-10H2,(H2,20,21,22,23,24)/t15-/m1/s1. The molecule has 2 aromatic carbocycles. The van der Waals surface area contributed by atoms with Crippen LogP contribution in [0.15, 0.2) is 53.7 Å². The molecule has 2 N–H and O–H groups in total. The molecule has 138 valence electrons. The predicted octanol–water partition coefficient (Wildman–Crippen LogP) is 3.53. The molecule has 1 atom stereocenters. The number of nitrogens with one attached hydrogen (secondary N) is 2. The summed E-state index contributed by atoms with van der Waals surface area (Å²) in [4.78, 5) is 16.6. The Morgan fingerprint density at radius 2 is 2.00 bits per heavy atom. The van der Waals surface area contributed by atoms with Crippen LogP contribution >= 0.6 is 23.4 Å². The normalized spacial score (nSPS) is 15.4. The first-order valence-corrected chi connectivity index (χ1v) is 9.53. The third kappa shape index (κ3) is 4.35. The van der Waals surface area contributed by atoms with Crippen molar-refractivity contribution in [1.29, 1.82) is 0 Å². The molecule has 27 heavy (non-hydrogen) atoms. The van der Waals surface area contributed by atoms with Crippen LogP contribution < -0.4 is 14.8 Å². The van der Waals surface area contributed by atoms with Gasteiger partial charge in [-0.05, 0) is 29.8 Å². The monoisotopic (exact) mass is 402 g/mol. The second-order valence-corrected chi connectivity index (χ2v) is 7.11. The van der Waals surface area contributed by atoms with Crippen LogP contribution in [0.25, 0.3) is 0 Å². The molecule has 0 spiro atoms. The van der Waals surface area contributed by atoms with Gasteiger partial charge in [0.2, 0.25) is 17.2 Å². The Morgan fingerprint density at radius 1 is 1.22 bits per heavy atom. The van der Waals surface area contributed by atoms with E-state index in [0.29, 0.717) is 27.4 Å². The lowest BCUT2D eigenvalue weighted by molar-refractivity contribution is -0.125. The van der Waals surface area contributed by atoms with Gasteiger partial charge in [0.25, 0.3) is 5.91 Å². The number of carbonyl (C=O) groups is 1. The molecule has 0 aliphatic carbocycles. The maximum Gasteiger partial charge on any atom is 0.271 e. The molecule has 1 aliphatic heterocycles. The Bertz CT molecular complexity index is 948. The van der Waals surface area contributed by atoms with Gasteiger partial charge in [-0.2, -0.15) is 4.98 Å². The maximum atomic E-state index is 12.4. The SMILES string of the molecule is O=C(Nc1nc(SCc2ccc(Cl)cc2)n[nH]1)[C@H]1COc2ccccc2O1. The molecule has 3 aromatic rings. The number of ether oxygens (including phenoxy) is 2. The molecule has 2 heterocycles. The molecule has 1 aliphatic rings. The number of para-hydroxylation sites is 2. The predicted molar refractivity (Wildman–Crippen MR) is 102 cm³/mol. The van der Waals surface area contributed by atoms with Crippen molar-refractivity contribution in [2.24, 2.45) is 0 Å². The number of hydrogen-bond donors (Lipinski definition) is 2. The van der Waals surface area contributed by atoms with E-state index in [-0.39, 0.29) is 18.5 Å². The molecule has 0 fully saturated rings. The van der Waals surface area contributed by atoms with Crippen molar-refractivity contribution in [2.45, 2.75) is 17.0 Å². The molecule has 0 unspecified atom stereocenters. The number of fused-ring (bicyclic) bond motifs is 1. The number of halogens is 1. The van der Waals surface area contributed by atoms with Crippen molar-refractivity contribution in [2.75, 3.05) is 11.9 Å². The molecule has 0 bridgehead atoms. The van der Waals surface area contributed by atoms with Gasteiger partial charge in [0.15, 0.2) is 11.5 Å². The number of nitrogens with zero attached hydrogens (tertiary/aromatic N) is 2. The zero-order valence-corrected chi connectivity index (χ0v) is 15.6. The second-order valence-electron chi connectivity index (χ2n) is 5.74. The highest BCUT2D eigenvalue weighted by Crippen LogP contribution is 2.31. The van der Waals surface area contributed by atoms with E-state index >= 15 is 0 Å². The van der Waals surface area contributed by atoms with Crippen LogP contribution in [0.2, 0.25) is 5.02 Å². The number of aromatic nitrogens is 3. The van der Waals surface area contributed by atoms with Crippen LogP contribution in [-0.4, -0.2) is 33.8 Å². The lowest BCUT2D eigenvalue weighted by Gasteiger charge is -2.25. The minimum absolute atomic E-state index is 0.134. The lowest BCUT2D eigenvalue weighted by atomic mass is 10.2. The molecule has 0 radical (unpaired) electrons. The van der Waals surface area contributed by atoms with Gasteiger partial charge >= 0.3 is 0 Å². The third-order valence-corrected chi connectivity index (χ3v) is 4.96.